The van der Waals surface area contributed by atoms with Crippen LogP contribution in [0.15, 0.2) is 145 Å². The topological polar surface area (TPSA) is 0 Å². The van der Waals surface area contributed by atoms with Crippen molar-refractivity contribution in [3.05, 3.63) is 145 Å². The quantitative estimate of drug-likeness (QED) is 0.134. The molecule has 2 unspecified atom stereocenters. The SMILES string of the molecule is [Cl][Ti][Cl].c1ccc2[cH-]c(-p3ccc4ccccc43)cc2c1.c1ccc2[cH-]c(-p3ccc4ccccc43)cc2c1. The van der Waals surface area contributed by atoms with Crippen LogP contribution in [-0.2, 0) is 17.0 Å². The van der Waals surface area contributed by atoms with E-state index in [4.69, 9.17) is 18.6 Å². The minimum Gasteiger partial charge on any atom is -0.157 e. The molecule has 0 aliphatic carbocycles. The van der Waals surface area contributed by atoms with E-state index >= 15 is 0 Å². The predicted molar refractivity (Wildman–Crippen MR) is 174 cm³/mol. The second-order valence-electron chi connectivity index (χ2n) is 9.25. The molecule has 190 valence electrons. The van der Waals surface area contributed by atoms with E-state index in [1.54, 1.807) is 0 Å². The molecule has 0 radical (unpaired) electrons. The van der Waals surface area contributed by atoms with Gasteiger partial charge >= 0.3 is 35.6 Å². The van der Waals surface area contributed by atoms with Crippen LogP contribution in [0.2, 0.25) is 0 Å². The van der Waals surface area contributed by atoms with Crippen molar-refractivity contribution in [1.82, 2.24) is 0 Å². The van der Waals surface area contributed by atoms with E-state index in [2.05, 4.69) is 145 Å². The fourth-order valence-corrected chi connectivity index (χ4v) is 9.46. The summed E-state index contributed by atoms with van der Waals surface area (Å²) in [6.45, 7) is 0. The fraction of sp³-hybridized carbons (Fsp3) is 0. The Kier molecular flexibility index (Phi) is 8.44. The monoisotopic (exact) mass is 612 g/mol. The number of rotatable bonds is 2. The van der Waals surface area contributed by atoms with Crippen LogP contribution in [0, 0.1) is 0 Å². The molecule has 2 atom stereocenters. The average Bonchev–Trinajstić information content (AvgIpc) is 3.76. The van der Waals surface area contributed by atoms with Gasteiger partial charge in [0.15, 0.2) is 0 Å². The molecular weight excluding hydrogens is 589 g/mol. The van der Waals surface area contributed by atoms with E-state index in [-0.39, 0.29) is 15.1 Å². The van der Waals surface area contributed by atoms with Gasteiger partial charge in [0.25, 0.3) is 0 Å². The minimum absolute atomic E-state index is 0.283. The molecule has 0 saturated carbocycles. The number of fused-ring (bicyclic) bond motifs is 4. The van der Waals surface area contributed by atoms with Crippen molar-refractivity contribution in [2.75, 3.05) is 0 Å². The first-order valence-corrected chi connectivity index (χ1v) is 19.8. The molecule has 0 aliphatic heterocycles. The van der Waals surface area contributed by atoms with E-state index < -0.39 is 17.0 Å². The molecule has 0 nitrogen and oxygen atoms in total. The standard InChI is InChI=1S/2C17H12P.2ClH.Ti/c2*1-2-7-15-12-16(11-14(15)6-1)18-10-9-13-5-3-4-8-17(13)18;;;/h2*1-12H;2*1H;/q2*-1;;;+2/p-2. The Labute approximate surface area is 247 Å². The molecule has 0 bridgehead atoms. The molecule has 6 aromatic carbocycles. The Morgan fingerprint density at radius 3 is 1.23 bits per heavy atom. The summed E-state index contributed by atoms with van der Waals surface area (Å²) in [6, 6.07) is 48.6. The van der Waals surface area contributed by atoms with E-state index in [9.17, 15) is 0 Å². The second-order valence-corrected chi connectivity index (χ2v) is 15.9. The largest absolute Gasteiger partial charge is 0.157 e. The van der Waals surface area contributed by atoms with Crippen LogP contribution in [-0.4, -0.2) is 0 Å². The molecule has 0 N–H and O–H groups in total. The molecule has 0 amide bonds. The Hall–Kier alpha value is -2.53. The number of halogens is 2. The van der Waals surface area contributed by atoms with Gasteiger partial charge < -0.3 is 0 Å². The first-order valence-electron chi connectivity index (χ1n) is 12.7. The Balaban J connectivity index is 0.000000129. The van der Waals surface area contributed by atoms with Crippen LogP contribution >= 0.6 is 33.7 Å². The summed E-state index contributed by atoms with van der Waals surface area (Å²) in [6.07, 6.45) is 0. The third kappa shape index (κ3) is 5.70. The van der Waals surface area contributed by atoms with Crippen molar-refractivity contribution in [3.63, 3.8) is 0 Å². The van der Waals surface area contributed by atoms with Gasteiger partial charge in [-0.15, -0.1) is 85.1 Å². The fourth-order valence-electron chi connectivity index (χ4n) is 5.16. The maximum atomic E-state index is 4.89. The normalized spacial score (nSPS) is 11.7. The predicted octanol–water partition coefficient (Wildman–Crippen LogP) is 12.8. The van der Waals surface area contributed by atoms with Crippen LogP contribution in [0.1, 0.15) is 0 Å². The molecule has 0 fully saturated rings. The first kappa shape index (κ1) is 26.7. The minimum atomic E-state index is -0.556. The molecular formula is C34H24Cl2P2Ti-2. The van der Waals surface area contributed by atoms with Gasteiger partial charge in [-0.2, -0.15) is 12.1 Å². The van der Waals surface area contributed by atoms with Crippen molar-refractivity contribution >= 4 is 76.2 Å². The maximum Gasteiger partial charge on any atom is 0.00412 e. The molecule has 39 heavy (non-hydrogen) atoms. The van der Waals surface area contributed by atoms with E-state index in [1.807, 2.05) is 0 Å². The zero-order valence-electron chi connectivity index (χ0n) is 21.0. The molecule has 0 aliphatic rings. The summed E-state index contributed by atoms with van der Waals surface area (Å²) in [5.74, 6) is 4.74. The summed E-state index contributed by atoms with van der Waals surface area (Å²) < 4.78 is 0. The van der Waals surface area contributed by atoms with Crippen molar-refractivity contribution in [2.24, 2.45) is 0 Å². The Bertz CT molecular complexity index is 1780. The maximum absolute atomic E-state index is 4.89. The van der Waals surface area contributed by atoms with Crippen LogP contribution in [0.25, 0.3) is 53.2 Å². The average molecular weight is 613 g/mol. The van der Waals surface area contributed by atoms with Crippen LogP contribution in [0.5, 0.6) is 0 Å². The molecule has 8 rings (SSSR count). The third-order valence-electron chi connectivity index (χ3n) is 6.96. The van der Waals surface area contributed by atoms with E-state index in [1.165, 1.54) is 53.2 Å². The number of benzene rings is 4. The van der Waals surface area contributed by atoms with Gasteiger partial charge in [0, 0.05) is 10.2 Å². The first-order chi connectivity index (χ1) is 19.2. The Morgan fingerprint density at radius 1 is 0.462 bits per heavy atom. The molecule has 0 saturated heterocycles. The zero-order chi connectivity index (χ0) is 26.6. The van der Waals surface area contributed by atoms with Gasteiger partial charge in [0.05, 0.1) is 0 Å². The smallest absolute Gasteiger partial charge is 0.00412 e. The van der Waals surface area contributed by atoms with Crippen molar-refractivity contribution in [3.8, 4) is 10.6 Å². The van der Waals surface area contributed by atoms with Crippen LogP contribution in [0.3, 0.4) is 0 Å². The second kappa shape index (κ2) is 12.3. The van der Waals surface area contributed by atoms with Gasteiger partial charge in [0.1, 0.15) is 0 Å². The summed E-state index contributed by atoms with van der Waals surface area (Å²) >= 11 is -0.556. The van der Waals surface area contributed by atoms with Crippen LogP contribution < -0.4 is 0 Å². The Morgan fingerprint density at radius 2 is 0.821 bits per heavy atom. The van der Waals surface area contributed by atoms with Crippen LogP contribution in [0.4, 0.5) is 0 Å². The molecule has 2 heterocycles. The van der Waals surface area contributed by atoms with Crippen molar-refractivity contribution in [1.29, 1.82) is 0 Å². The van der Waals surface area contributed by atoms with Gasteiger partial charge in [-0.1, -0.05) is 71.3 Å². The van der Waals surface area contributed by atoms with Crippen molar-refractivity contribution in [2.45, 2.75) is 0 Å². The van der Waals surface area contributed by atoms with Gasteiger partial charge in [-0.3, -0.25) is 0 Å². The summed E-state index contributed by atoms with van der Waals surface area (Å²) in [4.78, 5) is 0. The van der Waals surface area contributed by atoms with Gasteiger partial charge in [0.2, 0.25) is 0 Å². The number of hydrogen-bond donors (Lipinski definition) is 0. The number of hydrogen-bond acceptors (Lipinski definition) is 0. The third-order valence-corrected chi connectivity index (χ3v) is 11.3. The summed E-state index contributed by atoms with van der Waals surface area (Å²) in [5, 5.41) is 14.1. The van der Waals surface area contributed by atoms with Gasteiger partial charge in [-0.25, -0.2) is 0 Å². The van der Waals surface area contributed by atoms with E-state index in [0.29, 0.717) is 0 Å². The molecule has 5 heteroatoms. The van der Waals surface area contributed by atoms with E-state index in [0.717, 1.165) is 0 Å². The molecule has 0 spiro atoms. The summed E-state index contributed by atoms with van der Waals surface area (Å²) in [5.41, 5.74) is 0. The molecule has 8 aromatic rings. The van der Waals surface area contributed by atoms with Gasteiger partial charge in [-0.05, 0) is 34.5 Å². The van der Waals surface area contributed by atoms with Crippen molar-refractivity contribution < 1.29 is 17.0 Å². The summed E-state index contributed by atoms with van der Waals surface area (Å²) in [7, 11) is 9.21. The molecule has 2 aromatic heterocycles. The zero-order valence-corrected chi connectivity index (χ0v) is 25.9.